The van der Waals surface area contributed by atoms with E-state index in [1.165, 1.54) is 0 Å². The zero-order valence-electron chi connectivity index (χ0n) is 13.3. The third-order valence-corrected chi connectivity index (χ3v) is 3.40. The zero-order chi connectivity index (χ0) is 16.5. The Kier molecular flexibility index (Phi) is 6.35. The van der Waals surface area contributed by atoms with Crippen LogP contribution in [0.15, 0.2) is 36.4 Å². The molecule has 0 saturated heterocycles. The van der Waals surface area contributed by atoms with Crippen molar-refractivity contribution >= 4 is 11.8 Å². The Morgan fingerprint density at radius 2 is 1.91 bits per heavy atom. The standard InChI is InChI=1S/C17H22N4O2/c1-2-14-11-15(21-20-14)12-19-16(22)8-9-18-17(23)10-13-6-4-3-5-7-13/h3-7,11H,2,8-10,12H2,1H3,(H,18,23)(H,19,22)(H,20,21). The Bertz CT molecular complexity index is 637. The summed E-state index contributed by atoms with van der Waals surface area (Å²) in [5, 5.41) is 12.5. The molecular weight excluding hydrogens is 292 g/mol. The van der Waals surface area contributed by atoms with Crippen molar-refractivity contribution in [3.05, 3.63) is 53.3 Å². The van der Waals surface area contributed by atoms with Gasteiger partial charge in [0.1, 0.15) is 0 Å². The van der Waals surface area contributed by atoms with E-state index in [1.807, 2.05) is 43.3 Å². The largest absolute Gasteiger partial charge is 0.355 e. The number of aromatic nitrogens is 2. The second-order valence-corrected chi connectivity index (χ2v) is 5.28. The van der Waals surface area contributed by atoms with E-state index in [0.29, 0.717) is 19.5 Å². The van der Waals surface area contributed by atoms with Gasteiger partial charge < -0.3 is 10.6 Å². The molecule has 6 heteroatoms. The third kappa shape index (κ3) is 5.94. The number of hydrogen-bond donors (Lipinski definition) is 3. The predicted molar refractivity (Wildman–Crippen MR) is 87.6 cm³/mol. The molecule has 3 N–H and O–H groups in total. The highest BCUT2D eigenvalue weighted by Crippen LogP contribution is 2.00. The molecule has 0 aliphatic carbocycles. The lowest BCUT2D eigenvalue weighted by atomic mass is 10.1. The van der Waals surface area contributed by atoms with Crippen molar-refractivity contribution in [1.29, 1.82) is 0 Å². The normalized spacial score (nSPS) is 10.3. The highest BCUT2D eigenvalue weighted by Gasteiger charge is 2.06. The van der Waals surface area contributed by atoms with Gasteiger partial charge in [-0.1, -0.05) is 37.3 Å². The van der Waals surface area contributed by atoms with Crippen LogP contribution < -0.4 is 10.6 Å². The average Bonchev–Trinajstić information content (AvgIpc) is 3.02. The maximum atomic E-state index is 11.8. The van der Waals surface area contributed by atoms with Gasteiger partial charge in [0.05, 0.1) is 24.4 Å². The Morgan fingerprint density at radius 3 is 2.61 bits per heavy atom. The Morgan fingerprint density at radius 1 is 1.13 bits per heavy atom. The van der Waals surface area contributed by atoms with E-state index in [2.05, 4.69) is 20.8 Å². The molecule has 0 spiro atoms. The summed E-state index contributed by atoms with van der Waals surface area (Å²) in [4.78, 5) is 23.5. The minimum absolute atomic E-state index is 0.0786. The summed E-state index contributed by atoms with van der Waals surface area (Å²) >= 11 is 0. The van der Waals surface area contributed by atoms with Crippen LogP contribution in [0, 0.1) is 0 Å². The molecule has 0 aliphatic heterocycles. The molecule has 2 rings (SSSR count). The summed E-state index contributed by atoms with van der Waals surface area (Å²) in [5.41, 5.74) is 2.81. The summed E-state index contributed by atoms with van der Waals surface area (Å²) in [7, 11) is 0. The number of hydrogen-bond acceptors (Lipinski definition) is 3. The van der Waals surface area contributed by atoms with Crippen LogP contribution in [0.4, 0.5) is 0 Å². The molecule has 0 radical (unpaired) electrons. The quantitative estimate of drug-likeness (QED) is 0.687. The molecule has 2 aromatic rings. The molecule has 1 aromatic heterocycles. The molecule has 1 heterocycles. The molecule has 0 bridgehead atoms. The van der Waals surface area contributed by atoms with Gasteiger partial charge >= 0.3 is 0 Å². The number of aromatic amines is 1. The number of H-pyrrole nitrogens is 1. The van der Waals surface area contributed by atoms with E-state index < -0.39 is 0 Å². The molecule has 122 valence electrons. The molecule has 0 aliphatic rings. The van der Waals surface area contributed by atoms with Crippen molar-refractivity contribution < 1.29 is 9.59 Å². The van der Waals surface area contributed by atoms with Gasteiger partial charge in [0.25, 0.3) is 0 Å². The number of nitrogens with one attached hydrogen (secondary N) is 3. The second kappa shape index (κ2) is 8.73. The van der Waals surface area contributed by atoms with Gasteiger partial charge in [-0.05, 0) is 18.1 Å². The van der Waals surface area contributed by atoms with Crippen LogP contribution >= 0.6 is 0 Å². The van der Waals surface area contributed by atoms with Crippen LogP contribution in [0.1, 0.15) is 30.3 Å². The highest BCUT2D eigenvalue weighted by atomic mass is 16.2. The van der Waals surface area contributed by atoms with Crippen molar-refractivity contribution in [2.75, 3.05) is 6.54 Å². The Labute approximate surface area is 135 Å². The number of aryl methyl sites for hydroxylation is 1. The van der Waals surface area contributed by atoms with Crippen molar-refractivity contribution in [2.24, 2.45) is 0 Å². The highest BCUT2D eigenvalue weighted by molar-refractivity contribution is 5.80. The maximum Gasteiger partial charge on any atom is 0.224 e. The summed E-state index contributed by atoms with van der Waals surface area (Å²) in [6, 6.07) is 11.4. The first-order valence-corrected chi connectivity index (χ1v) is 7.78. The molecule has 6 nitrogen and oxygen atoms in total. The fourth-order valence-electron chi connectivity index (χ4n) is 2.12. The Hall–Kier alpha value is -2.63. The lowest BCUT2D eigenvalue weighted by molar-refractivity contribution is -0.122. The number of carbonyl (C=O) groups excluding carboxylic acids is 2. The lowest BCUT2D eigenvalue weighted by Gasteiger charge is -2.06. The van der Waals surface area contributed by atoms with Gasteiger partial charge in [-0.2, -0.15) is 5.10 Å². The first-order chi connectivity index (χ1) is 11.2. The first-order valence-electron chi connectivity index (χ1n) is 7.78. The van der Waals surface area contributed by atoms with Gasteiger partial charge in [-0.15, -0.1) is 0 Å². The van der Waals surface area contributed by atoms with Gasteiger partial charge in [-0.3, -0.25) is 14.7 Å². The molecule has 0 unspecified atom stereocenters. The van der Waals surface area contributed by atoms with E-state index in [1.54, 1.807) is 0 Å². The zero-order valence-corrected chi connectivity index (χ0v) is 13.3. The van der Waals surface area contributed by atoms with Crippen molar-refractivity contribution in [3.8, 4) is 0 Å². The van der Waals surface area contributed by atoms with E-state index >= 15 is 0 Å². The fraction of sp³-hybridized carbons (Fsp3) is 0.353. The van der Waals surface area contributed by atoms with E-state index in [-0.39, 0.29) is 18.2 Å². The fourth-order valence-corrected chi connectivity index (χ4v) is 2.12. The molecule has 2 amide bonds. The monoisotopic (exact) mass is 314 g/mol. The molecule has 23 heavy (non-hydrogen) atoms. The van der Waals surface area contributed by atoms with Gasteiger partial charge in [0.15, 0.2) is 0 Å². The summed E-state index contributed by atoms with van der Waals surface area (Å²) < 4.78 is 0. The second-order valence-electron chi connectivity index (χ2n) is 5.28. The van der Waals surface area contributed by atoms with E-state index in [0.717, 1.165) is 23.4 Å². The van der Waals surface area contributed by atoms with Crippen LogP contribution in [0.2, 0.25) is 0 Å². The van der Waals surface area contributed by atoms with Crippen molar-refractivity contribution in [3.63, 3.8) is 0 Å². The number of amides is 2. The first kappa shape index (κ1) is 16.7. The SMILES string of the molecule is CCc1cc(CNC(=O)CCNC(=O)Cc2ccccc2)[nH]n1. The molecule has 0 fully saturated rings. The summed E-state index contributed by atoms with van der Waals surface area (Å²) in [5.74, 6) is -0.178. The number of carbonyl (C=O) groups is 2. The third-order valence-electron chi connectivity index (χ3n) is 3.40. The van der Waals surface area contributed by atoms with E-state index in [9.17, 15) is 9.59 Å². The van der Waals surface area contributed by atoms with Crippen LogP contribution in [0.25, 0.3) is 0 Å². The molecule has 0 saturated carbocycles. The molecule has 1 aromatic carbocycles. The van der Waals surface area contributed by atoms with Gasteiger partial charge in [-0.25, -0.2) is 0 Å². The topological polar surface area (TPSA) is 86.9 Å². The summed E-state index contributed by atoms with van der Waals surface area (Å²) in [6.07, 6.45) is 1.45. The maximum absolute atomic E-state index is 11.8. The van der Waals surface area contributed by atoms with Crippen LogP contribution in [0.5, 0.6) is 0 Å². The van der Waals surface area contributed by atoms with Crippen molar-refractivity contribution in [2.45, 2.75) is 32.7 Å². The molecular formula is C17H22N4O2. The summed E-state index contributed by atoms with van der Waals surface area (Å²) in [6.45, 7) is 2.78. The van der Waals surface area contributed by atoms with Gasteiger partial charge in [0.2, 0.25) is 11.8 Å². The van der Waals surface area contributed by atoms with Crippen molar-refractivity contribution in [1.82, 2.24) is 20.8 Å². The minimum atomic E-state index is -0.0994. The van der Waals surface area contributed by atoms with Crippen LogP contribution in [0.3, 0.4) is 0 Å². The number of rotatable bonds is 8. The number of nitrogens with zero attached hydrogens (tertiary/aromatic N) is 1. The molecule has 0 atom stereocenters. The minimum Gasteiger partial charge on any atom is -0.355 e. The van der Waals surface area contributed by atoms with Gasteiger partial charge in [0, 0.05) is 13.0 Å². The predicted octanol–water partition coefficient (Wildman–Crippen LogP) is 1.34. The smallest absolute Gasteiger partial charge is 0.224 e. The van der Waals surface area contributed by atoms with Crippen LogP contribution in [-0.4, -0.2) is 28.6 Å². The van der Waals surface area contributed by atoms with Crippen LogP contribution in [-0.2, 0) is 29.0 Å². The lowest BCUT2D eigenvalue weighted by Crippen LogP contribution is -2.31. The Balaban J connectivity index is 1.61. The van der Waals surface area contributed by atoms with E-state index in [4.69, 9.17) is 0 Å². The number of benzene rings is 1. The average molecular weight is 314 g/mol.